The van der Waals surface area contributed by atoms with Crippen LogP contribution in [0.15, 0.2) is 58.6 Å². The number of carbonyl (C=O) groups excluding carboxylic acids is 1. The molecular weight excluding hydrogens is 392 g/mol. The summed E-state index contributed by atoms with van der Waals surface area (Å²) in [5, 5.41) is 8.68. The normalized spacial score (nSPS) is 23.2. The second kappa shape index (κ2) is 7.13. The number of fused-ring (bicyclic) bond motifs is 2. The van der Waals surface area contributed by atoms with Crippen molar-refractivity contribution in [2.45, 2.75) is 38.1 Å². The summed E-state index contributed by atoms with van der Waals surface area (Å²) < 4.78 is 2.13. The summed E-state index contributed by atoms with van der Waals surface area (Å²) in [6, 6.07) is 15.2. The van der Waals surface area contributed by atoms with E-state index in [1.165, 1.54) is 22.9 Å². The average molecular weight is 417 g/mol. The average Bonchev–Trinajstić information content (AvgIpc) is 3.30. The zero-order chi connectivity index (χ0) is 20.9. The molecule has 1 unspecified atom stereocenters. The molecule has 1 aromatic heterocycles. The van der Waals surface area contributed by atoms with Gasteiger partial charge in [0.2, 0.25) is 0 Å². The smallest absolute Gasteiger partial charge is 0.289 e. The van der Waals surface area contributed by atoms with E-state index in [4.69, 9.17) is 5.10 Å². The number of amides is 1. The molecule has 1 saturated heterocycles. The zero-order valence-corrected chi connectivity index (χ0v) is 18.2. The highest BCUT2D eigenvalue weighted by Crippen LogP contribution is 2.43. The molecule has 5 nitrogen and oxygen atoms in total. The largest absolute Gasteiger partial charge is 0.300 e. The van der Waals surface area contributed by atoms with Crippen molar-refractivity contribution in [3.63, 3.8) is 0 Å². The van der Waals surface area contributed by atoms with E-state index in [0.29, 0.717) is 5.84 Å². The molecule has 0 bridgehead atoms. The number of carbonyl (C=O) groups is 1. The van der Waals surface area contributed by atoms with Gasteiger partial charge in [-0.25, -0.2) is 0 Å². The van der Waals surface area contributed by atoms with Crippen LogP contribution in [0.4, 0.5) is 4.79 Å². The molecule has 1 amide bonds. The quantitative estimate of drug-likeness (QED) is 0.598. The Labute approximate surface area is 180 Å². The van der Waals surface area contributed by atoms with Crippen molar-refractivity contribution in [3.05, 3.63) is 70.3 Å². The monoisotopic (exact) mass is 416 g/mol. The first-order chi connectivity index (χ1) is 14.4. The van der Waals surface area contributed by atoms with Gasteiger partial charge in [0, 0.05) is 18.6 Å². The van der Waals surface area contributed by atoms with Gasteiger partial charge in [-0.05, 0) is 64.9 Å². The van der Waals surface area contributed by atoms with Crippen LogP contribution in [0.1, 0.15) is 49.4 Å². The summed E-state index contributed by atoms with van der Waals surface area (Å²) in [7, 11) is 1.69. The molecule has 2 aromatic carbocycles. The minimum absolute atomic E-state index is 0.0883. The van der Waals surface area contributed by atoms with E-state index < -0.39 is 0 Å². The Hall–Kier alpha value is -2.86. The molecule has 0 saturated carbocycles. The Bertz CT molecular complexity index is 1220. The number of hydrogen-bond donors (Lipinski definition) is 1. The van der Waals surface area contributed by atoms with Gasteiger partial charge >= 0.3 is 0 Å². The Morgan fingerprint density at radius 1 is 1.27 bits per heavy atom. The predicted octanol–water partition coefficient (Wildman–Crippen LogP) is 5.52. The van der Waals surface area contributed by atoms with Crippen molar-refractivity contribution in [2.24, 2.45) is 4.99 Å². The van der Waals surface area contributed by atoms with Crippen LogP contribution in [0.2, 0.25) is 0 Å². The third-order valence-electron chi connectivity index (χ3n) is 6.14. The predicted molar refractivity (Wildman–Crippen MR) is 124 cm³/mol. The summed E-state index contributed by atoms with van der Waals surface area (Å²) in [4.78, 5) is 16.7. The van der Waals surface area contributed by atoms with Crippen LogP contribution in [0.3, 0.4) is 0 Å². The molecule has 1 N–H and O–H groups in total. The van der Waals surface area contributed by atoms with Crippen LogP contribution < -0.4 is 5.32 Å². The van der Waals surface area contributed by atoms with Crippen molar-refractivity contribution in [3.8, 4) is 0 Å². The van der Waals surface area contributed by atoms with Crippen LogP contribution >= 0.6 is 11.8 Å². The van der Waals surface area contributed by atoms with Gasteiger partial charge in [-0.15, -0.1) is 0 Å². The highest BCUT2D eigenvalue weighted by atomic mass is 32.2. The van der Waals surface area contributed by atoms with Crippen molar-refractivity contribution < 1.29 is 4.79 Å². The minimum Gasteiger partial charge on any atom is -0.300 e. The summed E-state index contributed by atoms with van der Waals surface area (Å²) in [6.07, 6.45) is 6.37. The van der Waals surface area contributed by atoms with Gasteiger partial charge in [0.05, 0.1) is 16.5 Å². The van der Waals surface area contributed by atoms with Crippen molar-refractivity contribution in [1.29, 1.82) is 0 Å². The van der Waals surface area contributed by atoms with Crippen molar-refractivity contribution >= 4 is 39.8 Å². The van der Waals surface area contributed by atoms with E-state index in [9.17, 15) is 4.79 Å². The topological polar surface area (TPSA) is 59.3 Å². The van der Waals surface area contributed by atoms with E-state index in [0.717, 1.165) is 34.2 Å². The third-order valence-corrected chi connectivity index (χ3v) is 6.95. The standard InChI is InChI=1S/C24H24N4OS/c1-24(2)11-10-20(17-6-4-5-7-18(17)24)28-14-16-12-15(8-9-19(16)27-28)13-21-22(25-3)26-23(29)30-21/h4-9,12-14,20H,10-11H2,1-3H3,(H,25,26,29)/b21-13-. The van der Waals surface area contributed by atoms with Crippen LogP contribution in [-0.2, 0) is 5.41 Å². The number of aliphatic imine (C=N–C) groups is 1. The van der Waals surface area contributed by atoms with E-state index in [-0.39, 0.29) is 16.7 Å². The molecule has 1 fully saturated rings. The van der Waals surface area contributed by atoms with Crippen LogP contribution in [0.25, 0.3) is 17.0 Å². The van der Waals surface area contributed by atoms with E-state index in [1.807, 2.05) is 12.1 Å². The van der Waals surface area contributed by atoms with Gasteiger partial charge in [0.15, 0.2) is 0 Å². The Morgan fingerprint density at radius 3 is 2.93 bits per heavy atom. The van der Waals surface area contributed by atoms with Crippen molar-refractivity contribution in [1.82, 2.24) is 15.1 Å². The molecule has 1 atom stereocenters. The number of amidine groups is 1. The third kappa shape index (κ3) is 3.25. The molecule has 152 valence electrons. The number of aromatic nitrogens is 2. The van der Waals surface area contributed by atoms with Gasteiger partial charge < -0.3 is 5.32 Å². The maximum atomic E-state index is 11.7. The van der Waals surface area contributed by atoms with Crippen LogP contribution in [-0.4, -0.2) is 27.9 Å². The molecule has 1 aliphatic heterocycles. The first-order valence-corrected chi connectivity index (χ1v) is 11.0. The molecule has 0 radical (unpaired) electrons. The lowest BCUT2D eigenvalue weighted by atomic mass is 9.71. The maximum Gasteiger partial charge on any atom is 0.289 e. The molecule has 6 heteroatoms. The molecule has 2 aliphatic rings. The molecule has 1 aliphatic carbocycles. The second-order valence-electron chi connectivity index (χ2n) is 8.55. The Kier molecular flexibility index (Phi) is 4.54. The number of thioether (sulfide) groups is 1. The van der Waals surface area contributed by atoms with Gasteiger partial charge in [0.25, 0.3) is 5.24 Å². The van der Waals surface area contributed by atoms with E-state index in [1.54, 1.807) is 7.05 Å². The first kappa shape index (κ1) is 19.1. The van der Waals surface area contributed by atoms with E-state index in [2.05, 4.69) is 71.4 Å². The second-order valence-corrected chi connectivity index (χ2v) is 9.56. The van der Waals surface area contributed by atoms with Crippen molar-refractivity contribution in [2.75, 3.05) is 7.05 Å². The lowest BCUT2D eigenvalue weighted by Gasteiger charge is -2.37. The summed E-state index contributed by atoms with van der Waals surface area (Å²) in [5.41, 5.74) is 5.01. The molecule has 3 aromatic rings. The van der Waals surface area contributed by atoms with Gasteiger partial charge in [0.1, 0.15) is 5.84 Å². The zero-order valence-electron chi connectivity index (χ0n) is 17.3. The number of nitrogens with one attached hydrogen (secondary N) is 1. The Morgan fingerprint density at radius 2 is 2.10 bits per heavy atom. The fourth-order valence-corrected chi connectivity index (χ4v) is 5.31. The number of hydrogen-bond acceptors (Lipinski definition) is 4. The molecule has 2 heterocycles. The molecule has 0 spiro atoms. The summed E-state index contributed by atoms with van der Waals surface area (Å²) in [5.74, 6) is 0.627. The van der Waals surface area contributed by atoms with E-state index >= 15 is 0 Å². The lowest BCUT2D eigenvalue weighted by molar-refractivity contribution is 0.265. The molecule has 5 rings (SSSR count). The molecule has 30 heavy (non-hydrogen) atoms. The fourth-order valence-electron chi connectivity index (χ4n) is 4.53. The summed E-state index contributed by atoms with van der Waals surface area (Å²) >= 11 is 1.18. The fraction of sp³-hybridized carbons (Fsp3) is 0.292. The minimum atomic E-state index is -0.0883. The lowest BCUT2D eigenvalue weighted by Crippen LogP contribution is -2.29. The highest BCUT2D eigenvalue weighted by Gasteiger charge is 2.33. The molecular formula is C24H24N4OS. The first-order valence-electron chi connectivity index (χ1n) is 10.2. The highest BCUT2D eigenvalue weighted by molar-refractivity contribution is 8.18. The summed E-state index contributed by atoms with van der Waals surface area (Å²) in [6.45, 7) is 4.66. The van der Waals surface area contributed by atoms with Crippen LogP contribution in [0, 0.1) is 0 Å². The van der Waals surface area contributed by atoms with Crippen LogP contribution in [0.5, 0.6) is 0 Å². The Balaban J connectivity index is 1.52. The van der Waals surface area contributed by atoms with Gasteiger partial charge in [-0.3, -0.25) is 14.5 Å². The number of benzene rings is 2. The number of nitrogens with zero attached hydrogens (tertiary/aromatic N) is 3. The van der Waals surface area contributed by atoms with Gasteiger partial charge in [-0.1, -0.05) is 44.2 Å². The maximum absolute atomic E-state index is 11.7. The SMILES string of the molecule is CN=C1NC(=O)S/C1=C\c1ccc2nn(C3CCC(C)(C)c4ccccc43)cc2c1. The number of rotatable bonds is 2. The van der Waals surface area contributed by atoms with Gasteiger partial charge in [-0.2, -0.15) is 5.10 Å².